The molecule has 0 aliphatic carbocycles. The Balaban J connectivity index is 1.44. The molecule has 1 heterocycles. The molecule has 0 bridgehead atoms. The second kappa shape index (κ2) is 8.23. The van der Waals surface area contributed by atoms with Gasteiger partial charge in [0.15, 0.2) is 0 Å². The minimum Gasteiger partial charge on any atom is -0.372 e. The number of halogens is 1. The number of hydrogen-bond acceptors (Lipinski definition) is 3. The number of carbonyl (C=O) groups is 1. The molecule has 2 N–H and O–H groups in total. The minimum absolute atomic E-state index is 0.0160. The van der Waals surface area contributed by atoms with Gasteiger partial charge in [0.05, 0.1) is 18.4 Å². The topological polar surface area (TPSA) is 50.4 Å². The lowest BCUT2D eigenvalue weighted by Gasteiger charge is -2.26. The van der Waals surface area contributed by atoms with E-state index in [1.807, 2.05) is 19.1 Å². The van der Waals surface area contributed by atoms with Crippen LogP contribution in [0.3, 0.4) is 0 Å². The lowest BCUT2D eigenvalue weighted by molar-refractivity contribution is -0.116. The van der Waals surface area contributed by atoms with Gasteiger partial charge in [0.25, 0.3) is 0 Å². The van der Waals surface area contributed by atoms with Gasteiger partial charge in [-0.05, 0) is 42.2 Å². The Kier molecular flexibility index (Phi) is 5.79. The van der Waals surface area contributed by atoms with E-state index in [9.17, 15) is 9.18 Å². The average molecular weight is 342 g/mol. The summed E-state index contributed by atoms with van der Waals surface area (Å²) in [5.41, 5.74) is 3.68. The maximum atomic E-state index is 13.7. The lowest BCUT2D eigenvalue weighted by Crippen LogP contribution is -2.29. The van der Waals surface area contributed by atoms with Crippen LogP contribution in [-0.4, -0.2) is 25.6 Å². The molecule has 0 aromatic heterocycles. The van der Waals surface area contributed by atoms with Crippen molar-refractivity contribution in [3.05, 3.63) is 65.0 Å². The van der Waals surface area contributed by atoms with Crippen LogP contribution in [-0.2, 0) is 16.0 Å². The highest BCUT2D eigenvalue weighted by Crippen LogP contribution is 2.26. The standard InChI is InChI=1S/C20H23FN2O2/c1-14-6-7-17(21)18(12-14)23-20(24)8-10-22-13-19-16-5-3-2-4-15(16)9-11-25-19/h2-7,12,19,22H,8-11,13H2,1H3,(H,23,24). The van der Waals surface area contributed by atoms with Crippen molar-refractivity contribution in [2.75, 3.05) is 25.0 Å². The van der Waals surface area contributed by atoms with Crippen LogP contribution in [0.4, 0.5) is 10.1 Å². The number of aryl methyl sites for hydroxylation is 1. The Labute approximate surface area is 147 Å². The summed E-state index contributed by atoms with van der Waals surface area (Å²) in [6, 6.07) is 13.0. The Morgan fingerprint density at radius 2 is 2.12 bits per heavy atom. The quantitative estimate of drug-likeness (QED) is 0.792. The third-order valence-electron chi connectivity index (χ3n) is 4.35. The molecule has 0 saturated heterocycles. The molecule has 0 saturated carbocycles. The van der Waals surface area contributed by atoms with Crippen molar-refractivity contribution < 1.29 is 13.9 Å². The Morgan fingerprint density at radius 1 is 1.28 bits per heavy atom. The zero-order valence-electron chi connectivity index (χ0n) is 14.3. The summed E-state index contributed by atoms with van der Waals surface area (Å²) in [7, 11) is 0. The number of ether oxygens (including phenoxy) is 1. The summed E-state index contributed by atoms with van der Waals surface area (Å²) in [6.07, 6.45) is 1.24. The van der Waals surface area contributed by atoms with Gasteiger partial charge in [-0.3, -0.25) is 4.79 Å². The van der Waals surface area contributed by atoms with Crippen LogP contribution in [0.1, 0.15) is 29.2 Å². The molecule has 0 fully saturated rings. The fraction of sp³-hybridized carbons (Fsp3) is 0.350. The Hall–Kier alpha value is -2.24. The molecule has 25 heavy (non-hydrogen) atoms. The number of carbonyl (C=O) groups excluding carboxylic acids is 1. The second-order valence-electron chi connectivity index (χ2n) is 6.29. The average Bonchev–Trinajstić information content (AvgIpc) is 2.62. The number of benzene rings is 2. The van der Waals surface area contributed by atoms with Gasteiger partial charge in [0.2, 0.25) is 5.91 Å². The normalized spacial score (nSPS) is 16.3. The highest BCUT2D eigenvalue weighted by Gasteiger charge is 2.19. The van der Waals surface area contributed by atoms with Gasteiger partial charge in [0, 0.05) is 19.5 Å². The highest BCUT2D eigenvalue weighted by molar-refractivity contribution is 5.91. The summed E-state index contributed by atoms with van der Waals surface area (Å²) >= 11 is 0. The van der Waals surface area contributed by atoms with E-state index >= 15 is 0 Å². The van der Waals surface area contributed by atoms with E-state index in [0.29, 0.717) is 13.1 Å². The maximum absolute atomic E-state index is 13.7. The van der Waals surface area contributed by atoms with E-state index < -0.39 is 5.82 Å². The SMILES string of the molecule is Cc1ccc(F)c(NC(=O)CCNCC2OCCc3ccccc32)c1. The van der Waals surface area contributed by atoms with Crippen LogP contribution in [0.5, 0.6) is 0 Å². The van der Waals surface area contributed by atoms with Crippen molar-refractivity contribution >= 4 is 11.6 Å². The minimum atomic E-state index is -0.417. The first-order valence-electron chi connectivity index (χ1n) is 8.59. The molecule has 1 atom stereocenters. The van der Waals surface area contributed by atoms with Gasteiger partial charge in [0.1, 0.15) is 5.82 Å². The molecule has 3 rings (SSSR count). The zero-order valence-corrected chi connectivity index (χ0v) is 14.3. The number of rotatable bonds is 6. The predicted molar refractivity (Wildman–Crippen MR) is 96.1 cm³/mol. The number of nitrogens with one attached hydrogen (secondary N) is 2. The number of fused-ring (bicyclic) bond motifs is 1. The molecule has 4 nitrogen and oxygen atoms in total. The van der Waals surface area contributed by atoms with Gasteiger partial charge in [-0.2, -0.15) is 0 Å². The molecular formula is C20H23FN2O2. The van der Waals surface area contributed by atoms with Crippen molar-refractivity contribution in [2.45, 2.75) is 25.9 Å². The van der Waals surface area contributed by atoms with E-state index in [2.05, 4.69) is 22.8 Å². The van der Waals surface area contributed by atoms with E-state index in [4.69, 9.17) is 4.74 Å². The van der Waals surface area contributed by atoms with Crippen LogP contribution in [0.2, 0.25) is 0 Å². The first kappa shape index (κ1) is 17.6. The molecular weight excluding hydrogens is 319 g/mol. The van der Waals surface area contributed by atoms with Crippen LogP contribution in [0, 0.1) is 12.7 Å². The van der Waals surface area contributed by atoms with Crippen LogP contribution in [0.15, 0.2) is 42.5 Å². The number of hydrogen-bond donors (Lipinski definition) is 2. The predicted octanol–water partition coefficient (Wildman–Crippen LogP) is 3.37. The monoisotopic (exact) mass is 342 g/mol. The Bertz CT molecular complexity index is 748. The number of amides is 1. The highest BCUT2D eigenvalue weighted by atomic mass is 19.1. The molecule has 1 aliphatic rings. The van der Waals surface area contributed by atoms with Crippen molar-refractivity contribution in [1.29, 1.82) is 0 Å². The fourth-order valence-electron chi connectivity index (χ4n) is 3.03. The zero-order chi connectivity index (χ0) is 17.6. The third kappa shape index (κ3) is 4.65. The molecule has 1 aliphatic heterocycles. The van der Waals surface area contributed by atoms with Gasteiger partial charge in [-0.15, -0.1) is 0 Å². The summed E-state index contributed by atoms with van der Waals surface area (Å²) < 4.78 is 19.5. The summed E-state index contributed by atoms with van der Waals surface area (Å²) in [6.45, 7) is 3.75. The lowest BCUT2D eigenvalue weighted by atomic mass is 9.97. The third-order valence-corrected chi connectivity index (χ3v) is 4.35. The van der Waals surface area contributed by atoms with Crippen molar-refractivity contribution in [3.8, 4) is 0 Å². The van der Waals surface area contributed by atoms with Crippen molar-refractivity contribution in [1.82, 2.24) is 5.32 Å². The first-order chi connectivity index (χ1) is 12.1. The van der Waals surface area contributed by atoms with E-state index in [1.165, 1.54) is 17.2 Å². The summed E-state index contributed by atoms with van der Waals surface area (Å²) in [5.74, 6) is -0.624. The maximum Gasteiger partial charge on any atom is 0.225 e. The van der Waals surface area contributed by atoms with Gasteiger partial charge < -0.3 is 15.4 Å². The van der Waals surface area contributed by atoms with E-state index in [1.54, 1.807) is 12.1 Å². The van der Waals surface area contributed by atoms with E-state index in [-0.39, 0.29) is 24.1 Å². The van der Waals surface area contributed by atoms with Crippen LogP contribution >= 0.6 is 0 Å². The summed E-state index contributed by atoms with van der Waals surface area (Å²) in [5, 5.41) is 5.88. The first-order valence-corrected chi connectivity index (χ1v) is 8.59. The smallest absolute Gasteiger partial charge is 0.225 e. The van der Waals surface area contributed by atoms with Gasteiger partial charge in [-0.1, -0.05) is 30.3 Å². The van der Waals surface area contributed by atoms with Crippen LogP contribution < -0.4 is 10.6 Å². The van der Waals surface area contributed by atoms with Gasteiger partial charge in [-0.25, -0.2) is 4.39 Å². The molecule has 1 amide bonds. The fourth-order valence-corrected chi connectivity index (χ4v) is 3.03. The second-order valence-corrected chi connectivity index (χ2v) is 6.29. The van der Waals surface area contributed by atoms with Gasteiger partial charge >= 0.3 is 0 Å². The molecule has 0 radical (unpaired) electrons. The Morgan fingerprint density at radius 3 is 3.00 bits per heavy atom. The number of anilines is 1. The largest absolute Gasteiger partial charge is 0.372 e. The van der Waals surface area contributed by atoms with Crippen molar-refractivity contribution in [2.24, 2.45) is 0 Å². The molecule has 132 valence electrons. The molecule has 2 aromatic rings. The molecule has 5 heteroatoms. The van der Waals surface area contributed by atoms with Crippen molar-refractivity contribution in [3.63, 3.8) is 0 Å². The molecule has 2 aromatic carbocycles. The molecule has 0 spiro atoms. The van der Waals surface area contributed by atoms with E-state index in [0.717, 1.165) is 18.6 Å². The molecule has 1 unspecified atom stereocenters. The van der Waals surface area contributed by atoms with Crippen LogP contribution in [0.25, 0.3) is 0 Å². The summed E-state index contributed by atoms with van der Waals surface area (Å²) in [4.78, 5) is 12.0.